The Bertz CT molecular complexity index is 1080. The zero-order chi connectivity index (χ0) is 19.0. The summed E-state index contributed by atoms with van der Waals surface area (Å²) in [7, 11) is 0. The SMILES string of the molecule is C(#Cc1cccs1)c1ccc(N=Nc2ccc(C#Cc3cccs3)cc2)cc1. The monoisotopic (exact) mass is 394 g/mol. The predicted octanol–water partition coefficient (Wildman–Crippen LogP) is 7.02. The number of thiophene rings is 2. The Morgan fingerprint density at radius 2 is 0.929 bits per heavy atom. The van der Waals surface area contributed by atoms with Crippen LogP contribution in [0.4, 0.5) is 11.4 Å². The van der Waals surface area contributed by atoms with Gasteiger partial charge in [-0.05, 0) is 71.4 Å². The normalized spacial score (nSPS) is 10.1. The molecule has 28 heavy (non-hydrogen) atoms. The minimum atomic E-state index is 0.795. The number of hydrogen-bond acceptors (Lipinski definition) is 4. The van der Waals surface area contributed by atoms with Crippen molar-refractivity contribution in [2.24, 2.45) is 10.2 Å². The molecule has 4 rings (SSSR count). The van der Waals surface area contributed by atoms with E-state index in [4.69, 9.17) is 0 Å². The first-order chi connectivity index (χ1) is 13.8. The Morgan fingerprint density at radius 1 is 0.500 bits per heavy atom. The van der Waals surface area contributed by atoms with Crippen molar-refractivity contribution in [3.8, 4) is 23.7 Å². The molecule has 0 unspecified atom stereocenters. The second-order valence-electron chi connectivity index (χ2n) is 5.75. The van der Waals surface area contributed by atoms with Crippen molar-refractivity contribution in [2.75, 3.05) is 0 Å². The zero-order valence-electron chi connectivity index (χ0n) is 14.8. The van der Waals surface area contributed by atoms with Gasteiger partial charge in [-0.1, -0.05) is 35.8 Å². The van der Waals surface area contributed by atoms with Crippen LogP contribution in [0.2, 0.25) is 0 Å². The lowest BCUT2D eigenvalue weighted by atomic mass is 10.2. The van der Waals surface area contributed by atoms with Gasteiger partial charge in [0.15, 0.2) is 0 Å². The van der Waals surface area contributed by atoms with Gasteiger partial charge in [0.1, 0.15) is 0 Å². The summed E-state index contributed by atoms with van der Waals surface area (Å²) in [6, 6.07) is 23.5. The van der Waals surface area contributed by atoms with Gasteiger partial charge in [-0.15, -0.1) is 22.7 Å². The highest BCUT2D eigenvalue weighted by molar-refractivity contribution is 7.10. The van der Waals surface area contributed by atoms with Crippen LogP contribution < -0.4 is 0 Å². The van der Waals surface area contributed by atoms with Gasteiger partial charge in [0.05, 0.1) is 21.1 Å². The molecule has 4 heteroatoms. The highest BCUT2D eigenvalue weighted by atomic mass is 32.1. The average Bonchev–Trinajstić information content (AvgIpc) is 3.45. The summed E-state index contributed by atoms with van der Waals surface area (Å²) < 4.78 is 0. The maximum atomic E-state index is 4.29. The molecule has 0 amide bonds. The van der Waals surface area contributed by atoms with E-state index in [9.17, 15) is 0 Å². The Labute approximate surface area is 172 Å². The van der Waals surface area contributed by atoms with Gasteiger partial charge in [-0.2, -0.15) is 10.2 Å². The van der Waals surface area contributed by atoms with Crippen molar-refractivity contribution in [3.05, 3.63) is 104 Å². The first-order valence-electron chi connectivity index (χ1n) is 8.58. The number of nitrogens with zero attached hydrogens (tertiary/aromatic N) is 2. The van der Waals surface area contributed by atoms with Gasteiger partial charge in [0.25, 0.3) is 0 Å². The molecule has 0 N–H and O–H groups in total. The molecule has 2 nitrogen and oxygen atoms in total. The molecule has 0 fully saturated rings. The van der Waals surface area contributed by atoms with E-state index in [0.29, 0.717) is 0 Å². The average molecular weight is 395 g/mol. The molecule has 4 aromatic rings. The molecule has 0 aliphatic rings. The third kappa shape index (κ3) is 5.05. The topological polar surface area (TPSA) is 24.7 Å². The van der Waals surface area contributed by atoms with E-state index < -0.39 is 0 Å². The van der Waals surface area contributed by atoms with Crippen molar-refractivity contribution in [1.82, 2.24) is 0 Å². The fourth-order valence-corrected chi connectivity index (χ4v) is 3.45. The van der Waals surface area contributed by atoms with Crippen LogP contribution in [0.25, 0.3) is 0 Å². The Hall–Kier alpha value is -3.44. The molecule has 0 atom stereocenters. The minimum Gasteiger partial charge on any atom is -0.151 e. The molecular weight excluding hydrogens is 380 g/mol. The van der Waals surface area contributed by atoms with Gasteiger partial charge in [-0.25, -0.2) is 0 Å². The predicted molar refractivity (Wildman–Crippen MR) is 118 cm³/mol. The van der Waals surface area contributed by atoms with E-state index in [0.717, 1.165) is 32.3 Å². The largest absolute Gasteiger partial charge is 0.151 e. The first kappa shape index (κ1) is 17.9. The van der Waals surface area contributed by atoms with Crippen LogP contribution in [0.15, 0.2) is 93.8 Å². The van der Waals surface area contributed by atoms with Crippen molar-refractivity contribution >= 4 is 34.0 Å². The summed E-state index contributed by atoms with van der Waals surface area (Å²) in [6.07, 6.45) is 0. The van der Waals surface area contributed by atoms with E-state index in [1.807, 2.05) is 83.6 Å². The minimum absolute atomic E-state index is 0.795. The zero-order valence-corrected chi connectivity index (χ0v) is 16.4. The summed E-state index contributed by atoms with van der Waals surface area (Å²) in [5.41, 5.74) is 3.51. The van der Waals surface area contributed by atoms with Crippen LogP contribution in [-0.4, -0.2) is 0 Å². The van der Waals surface area contributed by atoms with Crippen molar-refractivity contribution in [1.29, 1.82) is 0 Å². The molecule has 2 heterocycles. The van der Waals surface area contributed by atoms with Crippen LogP contribution in [0.1, 0.15) is 20.9 Å². The van der Waals surface area contributed by atoms with Gasteiger partial charge in [0.2, 0.25) is 0 Å². The lowest BCUT2D eigenvalue weighted by Crippen LogP contribution is -1.74. The lowest BCUT2D eigenvalue weighted by Gasteiger charge is -1.95. The van der Waals surface area contributed by atoms with Crippen molar-refractivity contribution < 1.29 is 0 Å². The van der Waals surface area contributed by atoms with Crippen LogP contribution in [-0.2, 0) is 0 Å². The molecule has 0 saturated carbocycles. The van der Waals surface area contributed by atoms with E-state index in [1.54, 1.807) is 22.7 Å². The second-order valence-corrected chi connectivity index (χ2v) is 7.64. The third-order valence-electron chi connectivity index (χ3n) is 3.72. The summed E-state index contributed by atoms with van der Waals surface area (Å²) in [6.45, 7) is 0. The van der Waals surface area contributed by atoms with Gasteiger partial charge in [-0.3, -0.25) is 0 Å². The molecule has 2 aromatic heterocycles. The molecule has 0 aliphatic carbocycles. The molecule has 0 saturated heterocycles. The summed E-state index contributed by atoms with van der Waals surface area (Å²) >= 11 is 3.28. The molecule has 132 valence electrons. The van der Waals surface area contributed by atoms with Crippen molar-refractivity contribution in [2.45, 2.75) is 0 Å². The summed E-state index contributed by atoms with van der Waals surface area (Å²) in [4.78, 5) is 2.12. The van der Waals surface area contributed by atoms with Crippen LogP contribution in [0.3, 0.4) is 0 Å². The highest BCUT2D eigenvalue weighted by Crippen LogP contribution is 2.19. The van der Waals surface area contributed by atoms with Crippen LogP contribution in [0, 0.1) is 23.7 Å². The fraction of sp³-hybridized carbons (Fsp3) is 0. The molecule has 0 radical (unpaired) electrons. The van der Waals surface area contributed by atoms with Gasteiger partial charge >= 0.3 is 0 Å². The number of azo groups is 1. The number of rotatable bonds is 2. The second kappa shape index (κ2) is 8.97. The smallest absolute Gasteiger partial charge is 0.0857 e. The lowest BCUT2D eigenvalue weighted by molar-refractivity contribution is 1.23. The summed E-state index contributed by atoms with van der Waals surface area (Å²) in [5, 5.41) is 12.6. The van der Waals surface area contributed by atoms with Crippen LogP contribution >= 0.6 is 22.7 Å². The van der Waals surface area contributed by atoms with E-state index in [2.05, 4.69) is 33.9 Å². The van der Waals surface area contributed by atoms with Crippen LogP contribution in [0.5, 0.6) is 0 Å². The summed E-state index contributed by atoms with van der Waals surface area (Å²) in [5.74, 6) is 12.6. The van der Waals surface area contributed by atoms with Crippen molar-refractivity contribution in [3.63, 3.8) is 0 Å². The van der Waals surface area contributed by atoms with Gasteiger partial charge in [0, 0.05) is 11.1 Å². The molecule has 0 bridgehead atoms. The number of benzene rings is 2. The quantitative estimate of drug-likeness (QED) is 0.258. The van der Waals surface area contributed by atoms with E-state index >= 15 is 0 Å². The molecule has 0 aliphatic heterocycles. The molecule has 0 spiro atoms. The fourth-order valence-electron chi connectivity index (χ4n) is 2.31. The first-order valence-corrected chi connectivity index (χ1v) is 10.3. The Kier molecular flexibility index (Phi) is 5.75. The highest BCUT2D eigenvalue weighted by Gasteiger charge is 1.94. The standard InChI is InChI=1S/C24H14N2S2/c1-3-23(27-17-1)15-9-19-5-11-21(12-6-19)25-26-22-13-7-20(8-14-22)10-16-24-4-2-18-28-24/h1-8,11-14,17-18H. The maximum absolute atomic E-state index is 4.29. The Balaban J connectivity index is 1.40. The number of hydrogen-bond donors (Lipinski definition) is 0. The molecular formula is C24H14N2S2. The Morgan fingerprint density at radius 3 is 1.29 bits per heavy atom. The third-order valence-corrected chi connectivity index (χ3v) is 5.29. The maximum Gasteiger partial charge on any atom is 0.0857 e. The van der Waals surface area contributed by atoms with E-state index in [1.165, 1.54) is 0 Å². The van der Waals surface area contributed by atoms with E-state index in [-0.39, 0.29) is 0 Å². The molecule has 2 aromatic carbocycles. The van der Waals surface area contributed by atoms with Gasteiger partial charge < -0.3 is 0 Å².